The van der Waals surface area contributed by atoms with Crippen LogP contribution in [-0.4, -0.2) is 57.9 Å². The van der Waals surface area contributed by atoms with Crippen LogP contribution in [0.4, 0.5) is 5.13 Å². The highest BCUT2D eigenvalue weighted by Crippen LogP contribution is 2.15. The van der Waals surface area contributed by atoms with Gasteiger partial charge in [0.15, 0.2) is 10.8 Å². The van der Waals surface area contributed by atoms with Crippen LogP contribution in [-0.2, 0) is 24.0 Å². The van der Waals surface area contributed by atoms with Crippen LogP contribution in [0.25, 0.3) is 0 Å². The summed E-state index contributed by atoms with van der Waals surface area (Å²) in [5, 5.41) is 16.8. The summed E-state index contributed by atoms with van der Waals surface area (Å²) in [6.45, 7) is 5.76. The number of anilines is 1. The van der Waals surface area contributed by atoms with Crippen molar-refractivity contribution in [3.05, 3.63) is 11.1 Å². The van der Waals surface area contributed by atoms with Crippen LogP contribution in [0.15, 0.2) is 10.5 Å². The lowest BCUT2D eigenvalue weighted by molar-refractivity contribution is -0.161. The van der Waals surface area contributed by atoms with Crippen LogP contribution in [0, 0.1) is 0 Å². The molecule has 2 atom stereocenters. The Bertz CT molecular complexity index is 730. The van der Waals surface area contributed by atoms with Gasteiger partial charge < -0.3 is 31.5 Å². The molecule has 150 valence electrons. The molecule has 0 saturated carbocycles. The molecular weight excluding hydrogens is 378 g/mol. The van der Waals surface area contributed by atoms with Crippen molar-refractivity contribution < 1.29 is 29.1 Å². The Labute approximate surface area is 159 Å². The number of hydrogen-bond donors (Lipinski definition) is 4. The molecular formula is C15H23N5O6S. The van der Waals surface area contributed by atoms with E-state index in [2.05, 4.69) is 15.5 Å². The van der Waals surface area contributed by atoms with Crippen molar-refractivity contribution in [1.29, 1.82) is 0 Å². The molecule has 0 fully saturated rings. The number of oxime groups is 1. The zero-order valence-corrected chi connectivity index (χ0v) is 16.2. The smallest absolute Gasteiger partial charge is 0.350 e. The number of carbonyl (C=O) groups is 3. The molecule has 1 rings (SSSR count). The van der Waals surface area contributed by atoms with Gasteiger partial charge in [0, 0.05) is 11.4 Å². The molecule has 0 bridgehead atoms. The number of rotatable bonds is 9. The third-order valence-corrected chi connectivity index (χ3v) is 3.89. The Balaban J connectivity index is 3.16. The number of hydrogen-bond acceptors (Lipinski definition) is 10. The van der Waals surface area contributed by atoms with Gasteiger partial charge in [-0.25, -0.2) is 14.6 Å². The Kier molecular flexibility index (Phi) is 7.67. The molecule has 27 heavy (non-hydrogen) atoms. The van der Waals surface area contributed by atoms with Gasteiger partial charge in [0.25, 0.3) is 5.91 Å². The first-order valence-corrected chi connectivity index (χ1v) is 8.81. The summed E-state index contributed by atoms with van der Waals surface area (Å²) in [6.07, 6.45) is 0. The van der Waals surface area contributed by atoms with Crippen LogP contribution in [0.2, 0.25) is 0 Å². The van der Waals surface area contributed by atoms with E-state index in [1.54, 1.807) is 6.92 Å². The first-order chi connectivity index (χ1) is 12.5. The lowest BCUT2D eigenvalue weighted by atomic mass is 10.1. The van der Waals surface area contributed by atoms with E-state index in [4.69, 9.17) is 26.1 Å². The molecule has 6 N–H and O–H groups in total. The Morgan fingerprint density at radius 3 is 2.52 bits per heavy atom. The van der Waals surface area contributed by atoms with Crippen molar-refractivity contribution in [3.8, 4) is 0 Å². The molecule has 12 heteroatoms. The van der Waals surface area contributed by atoms with Crippen molar-refractivity contribution in [3.63, 3.8) is 0 Å². The zero-order valence-electron chi connectivity index (χ0n) is 15.4. The quantitative estimate of drug-likeness (QED) is 0.245. The van der Waals surface area contributed by atoms with E-state index in [0.29, 0.717) is 0 Å². The van der Waals surface area contributed by atoms with Gasteiger partial charge in [-0.15, -0.1) is 11.3 Å². The minimum Gasteiger partial charge on any atom is -0.478 e. The molecule has 2 unspecified atom stereocenters. The molecule has 1 aromatic heterocycles. The molecule has 11 nitrogen and oxygen atoms in total. The summed E-state index contributed by atoms with van der Waals surface area (Å²) in [4.78, 5) is 44.7. The van der Waals surface area contributed by atoms with E-state index in [1.165, 1.54) is 26.2 Å². The van der Waals surface area contributed by atoms with Crippen molar-refractivity contribution in [2.24, 2.45) is 10.9 Å². The lowest BCUT2D eigenvalue weighted by Crippen LogP contribution is -2.53. The van der Waals surface area contributed by atoms with Crippen molar-refractivity contribution in [2.75, 3.05) is 12.3 Å². The molecule has 1 heterocycles. The second-order valence-electron chi connectivity index (χ2n) is 5.98. The molecule has 0 aliphatic rings. The molecule has 0 aliphatic carbocycles. The summed E-state index contributed by atoms with van der Waals surface area (Å²) in [6, 6.07) is -1.91. The fourth-order valence-electron chi connectivity index (χ4n) is 1.65. The average molecular weight is 401 g/mol. The monoisotopic (exact) mass is 401 g/mol. The number of carboxylic acid groups (broad SMARTS) is 1. The third kappa shape index (κ3) is 6.18. The van der Waals surface area contributed by atoms with Crippen LogP contribution in [0.5, 0.6) is 0 Å². The lowest BCUT2D eigenvalue weighted by Gasteiger charge is -2.21. The maximum atomic E-state index is 12.7. The Morgan fingerprint density at radius 2 is 2.07 bits per heavy atom. The minimum atomic E-state index is -1.70. The van der Waals surface area contributed by atoms with E-state index in [9.17, 15) is 14.4 Å². The molecule has 0 saturated heterocycles. The number of carbonyl (C=O) groups excluding carboxylic acids is 2. The highest BCUT2D eigenvalue weighted by Gasteiger charge is 2.32. The second kappa shape index (κ2) is 9.28. The number of carboxylic acids is 1. The van der Waals surface area contributed by atoms with Gasteiger partial charge >= 0.3 is 11.9 Å². The summed E-state index contributed by atoms with van der Waals surface area (Å²) in [7, 11) is 0. The highest BCUT2D eigenvalue weighted by molar-refractivity contribution is 7.13. The number of nitrogens with two attached hydrogens (primary N) is 2. The number of aromatic nitrogens is 1. The maximum absolute atomic E-state index is 12.7. The summed E-state index contributed by atoms with van der Waals surface area (Å²) >= 11 is 1.05. The van der Waals surface area contributed by atoms with Crippen LogP contribution in [0.3, 0.4) is 0 Å². The zero-order chi connectivity index (χ0) is 20.8. The Hall–Kier alpha value is -2.73. The van der Waals surface area contributed by atoms with Crippen LogP contribution >= 0.6 is 11.3 Å². The Morgan fingerprint density at radius 1 is 1.44 bits per heavy atom. The van der Waals surface area contributed by atoms with E-state index >= 15 is 0 Å². The van der Waals surface area contributed by atoms with Gasteiger partial charge in [0.05, 0.1) is 6.61 Å². The second-order valence-corrected chi connectivity index (χ2v) is 6.87. The van der Waals surface area contributed by atoms with E-state index < -0.39 is 35.5 Å². The first-order valence-electron chi connectivity index (χ1n) is 7.93. The minimum absolute atomic E-state index is 0.0588. The van der Waals surface area contributed by atoms with E-state index in [-0.39, 0.29) is 23.1 Å². The number of amides is 1. The summed E-state index contributed by atoms with van der Waals surface area (Å²) < 4.78 is 4.89. The average Bonchev–Trinajstić information content (AvgIpc) is 2.98. The largest absolute Gasteiger partial charge is 0.478 e. The number of nitrogen functional groups attached to an aromatic ring is 1. The first kappa shape index (κ1) is 22.3. The molecule has 0 aromatic carbocycles. The predicted molar refractivity (Wildman–Crippen MR) is 98.1 cm³/mol. The molecule has 0 spiro atoms. The van der Waals surface area contributed by atoms with E-state index in [1.807, 2.05) is 0 Å². The molecule has 1 amide bonds. The molecule has 0 radical (unpaired) electrons. The molecule has 0 aliphatic heterocycles. The summed E-state index contributed by atoms with van der Waals surface area (Å²) in [5.74, 6) is -2.86. The fourth-order valence-corrected chi connectivity index (χ4v) is 2.19. The molecule has 1 aromatic rings. The summed E-state index contributed by atoms with van der Waals surface area (Å²) in [5.41, 5.74) is 9.32. The van der Waals surface area contributed by atoms with Gasteiger partial charge in [-0.1, -0.05) is 5.16 Å². The SMILES string of the molecule is CCOC(=O)C(NC(=O)/C(=N\OC(C)(C)C(=O)O)c1csc(N)n1)C(C)N. The normalized spacial score (nSPS) is 14.2. The van der Waals surface area contributed by atoms with Crippen LogP contribution in [0.1, 0.15) is 33.4 Å². The van der Waals surface area contributed by atoms with Crippen molar-refractivity contribution >= 4 is 40.0 Å². The topological polar surface area (TPSA) is 179 Å². The van der Waals surface area contributed by atoms with Crippen molar-refractivity contribution in [1.82, 2.24) is 10.3 Å². The van der Waals surface area contributed by atoms with Crippen molar-refractivity contribution in [2.45, 2.75) is 45.4 Å². The number of esters is 1. The number of ether oxygens (including phenoxy) is 1. The fraction of sp³-hybridized carbons (Fsp3) is 0.533. The van der Waals surface area contributed by atoms with Gasteiger partial charge in [-0.2, -0.15) is 0 Å². The van der Waals surface area contributed by atoms with Gasteiger partial charge in [0.2, 0.25) is 5.60 Å². The maximum Gasteiger partial charge on any atom is 0.350 e. The number of nitrogens with one attached hydrogen (secondary N) is 1. The van der Waals surface area contributed by atoms with Gasteiger partial charge in [-0.05, 0) is 27.7 Å². The number of nitrogens with zero attached hydrogens (tertiary/aromatic N) is 2. The van der Waals surface area contributed by atoms with E-state index in [0.717, 1.165) is 11.3 Å². The number of aliphatic carboxylic acids is 1. The highest BCUT2D eigenvalue weighted by atomic mass is 32.1. The van der Waals surface area contributed by atoms with Crippen LogP contribution < -0.4 is 16.8 Å². The number of thiazole rings is 1. The standard InChI is InChI=1S/C15H23N5O6S/c1-5-25-12(22)9(7(2)16)19-11(21)10(8-6-27-14(17)18-8)20-26-15(3,4)13(23)24/h6-7,9H,5,16H2,1-4H3,(H2,17,18)(H,19,21)(H,23,24)/b20-10-. The van der Waals surface area contributed by atoms with Gasteiger partial charge in [-0.3, -0.25) is 4.79 Å². The van der Waals surface area contributed by atoms with Gasteiger partial charge in [0.1, 0.15) is 11.7 Å². The third-order valence-electron chi connectivity index (χ3n) is 3.21. The predicted octanol–water partition coefficient (Wildman–Crippen LogP) is -0.296.